The molecule has 0 bridgehead atoms. The minimum Gasteiger partial charge on any atom is -0.465 e. The van der Waals surface area contributed by atoms with Gasteiger partial charge in [0.1, 0.15) is 5.82 Å². The summed E-state index contributed by atoms with van der Waals surface area (Å²) in [4.78, 5) is 27.0. The second kappa shape index (κ2) is 8.34. The van der Waals surface area contributed by atoms with Crippen LogP contribution in [0.3, 0.4) is 0 Å². The molecule has 0 radical (unpaired) electrons. The number of pyridine rings is 1. The topological polar surface area (TPSA) is 129 Å². The Morgan fingerprint density at radius 2 is 2.00 bits per heavy atom. The number of halogens is 1. The van der Waals surface area contributed by atoms with E-state index in [0.717, 1.165) is 24.5 Å². The van der Waals surface area contributed by atoms with Gasteiger partial charge in [0.25, 0.3) is 5.91 Å². The molecule has 1 aromatic carbocycles. The Kier molecular flexibility index (Phi) is 5.86. The summed E-state index contributed by atoms with van der Waals surface area (Å²) in [6.45, 7) is 3.63. The van der Waals surface area contributed by atoms with Crippen molar-refractivity contribution in [1.82, 2.24) is 10.3 Å². The minimum atomic E-state index is -1.15. The molecular formula is C20H24FN5O3. The van der Waals surface area contributed by atoms with Crippen molar-refractivity contribution in [3.05, 3.63) is 47.3 Å². The smallest absolute Gasteiger partial charge is 0.404 e. The van der Waals surface area contributed by atoms with Gasteiger partial charge in [0.2, 0.25) is 0 Å². The Morgan fingerprint density at radius 1 is 1.28 bits per heavy atom. The number of hydrogen-bond donors (Lipinski definition) is 5. The quantitative estimate of drug-likeness (QED) is 0.462. The predicted octanol–water partition coefficient (Wildman–Crippen LogP) is 3.22. The molecule has 9 heteroatoms. The molecule has 1 saturated carbocycles. The van der Waals surface area contributed by atoms with Crippen LogP contribution in [0, 0.1) is 18.7 Å². The number of carbonyl (C=O) groups is 2. The maximum Gasteiger partial charge on any atom is 0.404 e. The van der Waals surface area contributed by atoms with Crippen LogP contribution >= 0.6 is 0 Å². The third-order valence-corrected chi connectivity index (χ3v) is 4.85. The Labute approximate surface area is 167 Å². The molecule has 2 atom stereocenters. The second-order valence-corrected chi connectivity index (χ2v) is 7.32. The zero-order valence-corrected chi connectivity index (χ0v) is 16.2. The van der Waals surface area contributed by atoms with Gasteiger partial charge < -0.3 is 26.8 Å². The number of hydrogen-bond acceptors (Lipinski definition) is 5. The molecule has 0 saturated heterocycles. The van der Waals surface area contributed by atoms with Crippen LogP contribution in [0.1, 0.15) is 35.7 Å². The van der Waals surface area contributed by atoms with Gasteiger partial charge in [0.05, 0.1) is 11.6 Å². The van der Waals surface area contributed by atoms with E-state index < -0.39 is 23.9 Å². The fourth-order valence-corrected chi connectivity index (χ4v) is 3.28. The van der Waals surface area contributed by atoms with E-state index in [9.17, 15) is 14.0 Å². The number of aromatic nitrogens is 1. The van der Waals surface area contributed by atoms with E-state index >= 15 is 0 Å². The zero-order valence-electron chi connectivity index (χ0n) is 16.2. The van der Waals surface area contributed by atoms with Crippen molar-refractivity contribution in [2.75, 3.05) is 10.6 Å². The molecule has 0 unspecified atom stereocenters. The molecule has 2 aromatic rings. The van der Waals surface area contributed by atoms with Crippen molar-refractivity contribution in [1.29, 1.82) is 0 Å². The molecule has 1 aliphatic carbocycles. The first-order valence-electron chi connectivity index (χ1n) is 9.34. The van der Waals surface area contributed by atoms with E-state index in [0.29, 0.717) is 5.69 Å². The number of amides is 2. The van der Waals surface area contributed by atoms with Gasteiger partial charge >= 0.3 is 6.09 Å². The van der Waals surface area contributed by atoms with Gasteiger partial charge in [-0.05, 0) is 56.4 Å². The molecule has 1 heterocycles. The number of primary amides is 1. The minimum absolute atomic E-state index is 0.0684. The molecule has 154 valence electrons. The van der Waals surface area contributed by atoms with Crippen molar-refractivity contribution < 1.29 is 19.1 Å². The van der Waals surface area contributed by atoms with E-state index in [1.807, 2.05) is 25.1 Å². The normalized spacial score (nSPS) is 15.3. The van der Waals surface area contributed by atoms with Crippen LogP contribution in [0.5, 0.6) is 0 Å². The van der Waals surface area contributed by atoms with Crippen LogP contribution in [-0.2, 0) is 0 Å². The van der Waals surface area contributed by atoms with E-state index in [1.165, 1.54) is 0 Å². The summed E-state index contributed by atoms with van der Waals surface area (Å²) in [5.41, 5.74) is 7.00. The molecule has 0 aliphatic heterocycles. The molecule has 3 rings (SSSR count). The van der Waals surface area contributed by atoms with Gasteiger partial charge in [0, 0.05) is 11.7 Å². The summed E-state index contributed by atoms with van der Waals surface area (Å²) in [6, 6.07) is 7.66. The SMILES string of the molecule is Cc1cccc(Nc2nc(N[C@@H](C3CC3)[C@H](C)NC(=O)O)c(F)cc2C(N)=O)c1. The van der Waals surface area contributed by atoms with Crippen molar-refractivity contribution in [2.24, 2.45) is 11.7 Å². The highest BCUT2D eigenvalue weighted by atomic mass is 19.1. The first kappa shape index (κ1) is 20.4. The van der Waals surface area contributed by atoms with Gasteiger partial charge in [0.15, 0.2) is 11.6 Å². The molecule has 1 aliphatic rings. The number of nitrogens with two attached hydrogens (primary N) is 1. The van der Waals surface area contributed by atoms with Crippen LogP contribution in [-0.4, -0.2) is 34.2 Å². The van der Waals surface area contributed by atoms with Crippen molar-refractivity contribution in [3.63, 3.8) is 0 Å². The summed E-state index contributed by atoms with van der Waals surface area (Å²) in [7, 11) is 0. The van der Waals surface area contributed by atoms with Crippen LogP contribution in [0.25, 0.3) is 0 Å². The lowest BCUT2D eigenvalue weighted by Crippen LogP contribution is -2.45. The van der Waals surface area contributed by atoms with E-state index in [4.69, 9.17) is 10.8 Å². The molecule has 29 heavy (non-hydrogen) atoms. The van der Waals surface area contributed by atoms with Gasteiger partial charge in [-0.2, -0.15) is 0 Å². The van der Waals surface area contributed by atoms with E-state index in [1.54, 1.807) is 13.0 Å². The third kappa shape index (κ3) is 5.13. The van der Waals surface area contributed by atoms with Gasteiger partial charge in [-0.3, -0.25) is 4.79 Å². The number of benzene rings is 1. The standard InChI is InChI=1S/C20H24FN5O3/c1-10-4-3-5-13(8-10)24-18-14(17(22)27)9-15(21)19(26-18)25-16(12-6-7-12)11(2)23-20(28)29/h3-5,8-9,11-12,16,23H,6-7H2,1-2H3,(H2,22,27)(H,28,29)(H2,24,25,26)/t11-,16+/m0/s1. The third-order valence-electron chi connectivity index (χ3n) is 4.85. The lowest BCUT2D eigenvalue weighted by Gasteiger charge is -2.26. The van der Waals surface area contributed by atoms with Crippen LogP contribution in [0.15, 0.2) is 30.3 Å². The van der Waals surface area contributed by atoms with Gasteiger partial charge in [-0.25, -0.2) is 14.2 Å². The number of anilines is 3. The molecule has 2 amide bonds. The second-order valence-electron chi connectivity index (χ2n) is 7.32. The largest absolute Gasteiger partial charge is 0.465 e. The molecular weight excluding hydrogens is 377 g/mol. The molecule has 1 fully saturated rings. The number of aryl methyl sites for hydroxylation is 1. The average molecular weight is 401 g/mol. The lowest BCUT2D eigenvalue weighted by atomic mass is 10.0. The maximum atomic E-state index is 14.7. The fourth-order valence-electron chi connectivity index (χ4n) is 3.28. The van der Waals surface area contributed by atoms with E-state index in [2.05, 4.69) is 20.9 Å². The number of nitrogens with zero attached hydrogens (tertiary/aromatic N) is 1. The Balaban J connectivity index is 1.92. The van der Waals surface area contributed by atoms with Gasteiger partial charge in [-0.1, -0.05) is 12.1 Å². The fraction of sp³-hybridized carbons (Fsp3) is 0.350. The summed E-state index contributed by atoms with van der Waals surface area (Å²) in [6.07, 6.45) is 0.682. The molecule has 0 spiro atoms. The first-order valence-corrected chi connectivity index (χ1v) is 9.34. The highest BCUT2D eigenvalue weighted by Gasteiger charge is 2.36. The van der Waals surface area contributed by atoms with E-state index in [-0.39, 0.29) is 29.2 Å². The number of rotatable bonds is 8. The summed E-state index contributed by atoms with van der Waals surface area (Å²) < 4.78 is 14.7. The molecule has 8 nitrogen and oxygen atoms in total. The summed E-state index contributed by atoms with van der Waals surface area (Å²) in [5.74, 6) is -1.27. The lowest BCUT2D eigenvalue weighted by molar-refractivity contribution is 0.100. The van der Waals surface area contributed by atoms with Crippen molar-refractivity contribution >= 4 is 29.3 Å². The van der Waals surface area contributed by atoms with Crippen LogP contribution in [0.2, 0.25) is 0 Å². The predicted molar refractivity (Wildman–Crippen MR) is 108 cm³/mol. The highest BCUT2D eigenvalue weighted by Crippen LogP contribution is 2.36. The Bertz CT molecular complexity index is 932. The first-order chi connectivity index (χ1) is 13.7. The highest BCUT2D eigenvalue weighted by molar-refractivity contribution is 5.98. The summed E-state index contributed by atoms with van der Waals surface area (Å²) >= 11 is 0. The number of carboxylic acid groups (broad SMARTS) is 1. The van der Waals surface area contributed by atoms with Crippen molar-refractivity contribution in [3.8, 4) is 0 Å². The van der Waals surface area contributed by atoms with Gasteiger partial charge in [-0.15, -0.1) is 0 Å². The maximum absolute atomic E-state index is 14.7. The zero-order chi connectivity index (χ0) is 21.1. The number of carbonyl (C=O) groups excluding carboxylic acids is 1. The summed E-state index contributed by atoms with van der Waals surface area (Å²) in [5, 5.41) is 17.4. The van der Waals surface area contributed by atoms with Crippen LogP contribution < -0.4 is 21.7 Å². The van der Waals surface area contributed by atoms with Crippen molar-refractivity contribution in [2.45, 2.75) is 38.8 Å². The molecule has 1 aromatic heterocycles. The average Bonchev–Trinajstić information content (AvgIpc) is 3.45. The molecule has 6 N–H and O–H groups in total. The van der Waals surface area contributed by atoms with Crippen LogP contribution in [0.4, 0.5) is 26.5 Å². The number of nitrogens with one attached hydrogen (secondary N) is 3. The Morgan fingerprint density at radius 3 is 2.59 bits per heavy atom. The monoisotopic (exact) mass is 401 g/mol. The Hall–Kier alpha value is -3.36.